The van der Waals surface area contributed by atoms with Crippen LogP contribution in [0.5, 0.6) is 0 Å². The van der Waals surface area contributed by atoms with E-state index in [1.165, 1.54) is 26.2 Å². The molecule has 7 heteroatoms. The first-order chi connectivity index (χ1) is 15.0. The summed E-state index contributed by atoms with van der Waals surface area (Å²) in [6, 6.07) is 16.4. The Bertz CT molecular complexity index is 877. The molecule has 0 aromatic heterocycles. The molecule has 0 bridgehead atoms. The van der Waals surface area contributed by atoms with E-state index in [0.717, 1.165) is 24.3 Å². The van der Waals surface area contributed by atoms with Crippen LogP contribution in [-0.2, 0) is 19.1 Å². The standard InChI is InChI=1S/C24H29N3O4/c1-18(28)25-22(19-8-4-2-5-9-19)16-24(30)31-17-23(29)26-20-10-12-21(13-11-20)27-14-6-3-7-15-27/h2,4-5,8-13,22H,3,6-7,14-17H2,1H3,(H,25,28)(H,26,29)/t22-/m1/s1. The van der Waals surface area contributed by atoms with E-state index in [9.17, 15) is 14.4 Å². The normalized spacial score (nSPS) is 14.4. The van der Waals surface area contributed by atoms with Gasteiger partial charge in [0.25, 0.3) is 5.91 Å². The molecule has 0 saturated carbocycles. The topological polar surface area (TPSA) is 87.7 Å². The molecule has 0 aliphatic carbocycles. The van der Waals surface area contributed by atoms with Gasteiger partial charge < -0.3 is 20.3 Å². The van der Waals surface area contributed by atoms with E-state index in [4.69, 9.17) is 4.74 Å². The minimum Gasteiger partial charge on any atom is -0.455 e. The lowest BCUT2D eigenvalue weighted by atomic mass is 10.0. The Balaban J connectivity index is 1.47. The van der Waals surface area contributed by atoms with Gasteiger partial charge in [0.15, 0.2) is 6.61 Å². The summed E-state index contributed by atoms with van der Waals surface area (Å²) < 4.78 is 5.12. The summed E-state index contributed by atoms with van der Waals surface area (Å²) in [6.07, 6.45) is 3.63. The lowest BCUT2D eigenvalue weighted by Gasteiger charge is -2.28. The lowest BCUT2D eigenvalue weighted by Crippen LogP contribution is -2.29. The highest BCUT2D eigenvalue weighted by Gasteiger charge is 2.19. The zero-order chi connectivity index (χ0) is 22.1. The van der Waals surface area contributed by atoms with Crippen LogP contribution in [0, 0.1) is 0 Å². The van der Waals surface area contributed by atoms with Crippen LogP contribution in [0.15, 0.2) is 54.6 Å². The van der Waals surface area contributed by atoms with E-state index >= 15 is 0 Å². The van der Waals surface area contributed by atoms with Gasteiger partial charge in [-0.3, -0.25) is 14.4 Å². The third-order valence-corrected chi connectivity index (χ3v) is 5.19. The van der Waals surface area contributed by atoms with Crippen molar-refractivity contribution in [2.45, 2.75) is 38.6 Å². The summed E-state index contributed by atoms with van der Waals surface area (Å²) in [5.74, 6) is -1.21. The minimum atomic E-state index is -0.557. The molecule has 2 aromatic rings. The number of hydrogen-bond acceptors (Lipinski definition) is 5. The van der Waals surface area contributed by atoms with Crippen LogP contribution in [0.25, 0.3) is 0 Å². The molecule has 1 aliphatic heterocycles. The van der Waals surface area contributed by atoms with E-state index < -0.39 is 17.9 Å². The van der Waals surface area contributed by atoms with E-state index in [0.29, 0.717) is 5.69 Å². The monoisotopic (exact) mass is 423 g/mol. The highest BCUT2D eigenvalue weighted by atomic mass is 16.5. The van der Waals surface area contributed by atoms with E-state index in [1.807, 2.05) is 54.6 Å². The summed E-state index contributed by atoms with van der Waals surface area (Å²) in [6.45, 7) is 3.13. The summed E-state index contributed by atoms with van der Waals surface area (Å²) in [5.41, 5.74) is 2.60. The molecular formula is C24H29N3O4. The number of esters is 1. The molecule has 2 aromatic carbocycles. The van der Waals surface area contributed by atoms with E-state index in [1.54, 1.807) is 0 Å². The Hall–Kier alpha value is -3.35. The zero-order valence-electron chi connectivity index (χ0n) is 17.8. The van der Waals surface area contributed by atoms with Crippen molar-refractivity contribution >= 4 is 29.2 Å². The lowest BCUT2D eigenvalue weighted by molar-refractivity contribution is -0.148. The summed E-state index contributed by atoms with van der Waals surface area (Å²) in [7, 11) is 0. The number of hydrogen-bond donors (Lipinski definition) is 2. The van der Waals surface area contributed by atoms with Gasteiger partial charge in [-0.1, -0.05) is 30.3 Å². The molecular weight excluding hydrogens is 394 g/mol. The van der Waals surface area contributed by atoms with Gasteiger partial charge in [0, 0.05) is 31.4 Å². The molecule has 0 spiro atoms. The number of nitrogens with zero attached hydrogens (tertiary/aromatic N) is 1. The zero-order valence-corrected chi connectivity index (χ0v) is 17.8. The highest BCUT2D eigenvalue weighted by molar-refractivity contribution is 5.93. The molecule has 1 aliphatic rings. The SMILES string of the molecule is CC(=O)N[C@H](CC(=O)OCC(=O)Nc1ccc(N2CCCCC2)cc1)c1ccccc1. The van der Waals surface area contributed by atoms with Gasteiger partial charge in [0.2, 0.25) is 5.91 Å². The van der Waals surface area contributed by atoms with Crippen LogP contribution in [0.4, 0.5) is 11.4 Å². The summed E-state index contributed by atoms with van der Waals surface area (Å²) in [4.78, 5) is 38.2. The maximum Gasteiger partial charge on any atom is 0.308 e. The average Bonchev–Trinajstić information content (AvgIpc) is 2.79. The fourth-order valence-corrected chi connectivity index (χ4v) is 3.66. The van der Waals surface area contributed by atoms with Crippen molar-refractivity contribution in [3.63, 3.8) is 0 Å². The number of nitrogens with one attached hydrogen (secondary N) is 2. The molecule has 31 heavy (non-hydrogen) atoms. The summed E-state index contributed by atoms with van der Waals surface area (Å²) >= 11 is 0. The average molecular weight is 424 g/mol. The Kier molecular flexibility index (Phi) is 8.04. The third kappa shape index (κ3) is 7.13. The number of piperidine rings is 1. The van der Waals surface area contributed by atoms with Crippen molar-refractivity contribution in [2.24, 2.45) is 0 Å². The van der Waals surface area contributed by atoms with Crippen LogP contribution in [-0.4, -0.2) is 37.5 Å². The maximum atomic E-state index is 12.2. The molecule has 0 radical (unpaired) electrons. The van der Waals surface area contributed by atoms with E-state index in [-0.39, 0.29) is 18.9 Å². The number of ether oxygens (including phenoxy) is 1. The summed E-state index contributed by atoms with van der Waals surface area (Å²) in [5, 5.41) is 5.48. The Morgan fingerprint density at radius 1 is 0.968 bits per heavy atom. The number of carbonyl (C=O) groups excluding carboxylic acids is 3. The molecule has 2 N–H and O–H groups in total. The molecule has 164 valence electrons. The molecule has 1 atom stereocenters. The molecule has 1 heterocycles. The molecule has 1 saturated heterocycles. The quantitative estimate of drug-likeness (QED) is 0.635. The molecule has 0 unspecified atom stereocenters. The van der Waals surface area contributed by atoms with Gasteiger partial charge in [0.05, 0.1) is 12.5 Å². The first-order valence-electron chi connectivity index (χ1n) is 10.6. The van der Waals surface area contributed by atoms with Crippen LogP contribution in [0.1, 0.15) is 44.2 Å². The second-order valence-electron chi connectivity index (χ2n) is 7.67. The fraction of sp³-hybridized carbons (Fsp3) is 0.375. The van der Waals surface area contributed by atoms with Gasteiger partial charge in [-0.15, -0.1) is 0 Å². The first-order valence-corrected chi connectivity index (χ1v) is 10.6. The Morgan fingerprint density at radius 2 is 1.65 bits per heavy atom. The molecule has 3 rings (SSSR count). The van der Waals surface area contributed by atoms with Crippen molar-refractivity contribution in [3.8, 4) is 0 Å². The number of amides is 2. The third-order valence-electron chi connectivity index (χ3n) is 5.19. The van der Waals surface area contributed by atoms with Crippen LogP contribution < -0.4 is 15.5 Å². The van der Waals surface area contributed by atoms with Crippen molar-refractivity contribution < 1.29 is 19.1 Å². The van der Waals surface area contributed by atoms with Gasteiger partial charge in [0.1, 0.15) is 0 Å². The van der Waals surface area contributed by atoms with Gasteiger partial charge >= 0.3 is 5.97 Å². The Morgan fingerprint density at radius 3 is 2.29 bits per heavy atom. The van der Waals surface area contributed by atoms with Gasteiger partial charge in [-0.2, -0.15) is 0 Å². The van der Waals surface area contributed by atoms with Crippen molar-refractivity contribution in [1.29, 1.82) is 0 Å². The van der Waals surface area contributed by atoms with Crippen molar-refractivity contribution in [2.75, 3.05) is 29.9 Å². The van der Waals surface area contributed by atoms with Crippen molar-refractivity contribution in [1.82, 2.24) is 5.32 Å². The fourth-order valence-electron chi connectivity index (χ4n) is 3.66. The van der Waals surface area contributed by atoms with Gasteiger partial charge in [-0.05, 0) is 49.1 Å². The van der Waals surface area contributed by atoms with Crippen LogP contribution in [0.2, 0.25) is 0 Å². The van der Waals surface area contributed by atoms with Crippen LogP contribution >= 0.6 is 0 Å². The molecule has 7 nitrogen and oxygen atoms in total. The number of rotatable bonds is 8. The van der Waals surface area contributed by atoms with Crippen molar-refractivity contribution in [3.05, 3.63) is 60.2 Å². The second kappa shape index (κ2) is 11.2. The predicted molar refractivity (Wildman–Crippen MR) is 120 cm³/mol. The smallest absolute Gasteiger partial charge is 0.308 e. The molecule has 1 fully saturated rings. The predicted octanol–water partition coefficient (Wildman–Crippen LogP) is 3.43. The number of anilines is 2. The first kappa shape index (κ1) is 22.3. The van der Waals surface area contributed by atoms with Gasteiger partial charge in [-0.25, -0.2) is 0 Å². The van der Waals surface area contributed by atoms with E-state index in [2.05, 4.69) is 15.5 Å². The number of benzene rings is 2. The molecule has 2 amide bonds. The Labute approximate surface area is 182 Å². The minimum absolute atomic E-state index is 0.0542. The van der Waals surface area contributed by atoms with Crippen LogP contribution in [0.3, 0.4) is 0 Å². The number of carbonyl (C=O) groups is 3. The largest absolute Gasteiger partial charge is 0.455 e. The maximum absolute atomic E-state index is 12.2. The second-order valence-corrected chi connectivity index (χ2v) is 7.67. The highest BCUT2D eigenvalue weighted by Crippen LogP contribution is 2.22.